The number of halogens is 3. The van der Waals surface area contributed by atoms with Gasteiger partial charge < -0.3 is 4.74 Å². The Labute approximate surface area is 117 Å². The highest BCUT2D eigenvalue weighted by atomic mass is 79.9. The van der Waals surface area contributed by atoms with E-state index in [4.69, 9.17) is 16.3 Å². The van der Waals surface area contributed by atoms with Crippen LogP contribution in [-0.2, 0) is 21.8 Å². The van der Waals surface area contributed by atoms with E-state index in [2.05, 4.69) is 31.9 Å². The van der Waals surface area contributed by atoms with Gasteiger partial charge in [-0.25, -0.2) is 0 Å². The SMILES string of the molecule is CCOC(=O)Cc1c(CCl)ccc(Br)c1Br. The average molecular weight is 370 g/mol. The van der Waals surface area contributed by atoms with E-state index in [1.165, 1.54) is 0 Å². The molecular weight excluding hydrogens is 359 g/mol. The van der Waals surface area contributed by atoms with Crippen molar-refractivity contribution in [1.29, 1.82) is 0 Å². The Morgan fingerprint density at radius 2 is 2.12 bits per heavy atom. The standard InChI is InChI=1S/C11H11Br2ClO2/c1-2-16-10(15)5-8-7(6-14)3-4-9(12)11(8)13/h3-4H,2,5-6H2,1H3. The Morgan fingerprint density at radius 3 is 2.69 bits per heavy atom. The van der Waals surface area contributed by atoms with E-state index in [0.29, 0.717) is 12.5 Å². The van der Waals surface area contributed by atoms with Gasteiger partial charge >= 0.3 is 5.97 Å². The number of rotatable bonds is 4. The van der Waals surface area contributed by atoms with Crippen LogP contribution in [0.4, 0.5) is 0 Å². The molecule has 0 aliphatic carbocycles. The van der Waals surface area contributed by atoms with E-state index < -0.39 is 0 Å². The molecule has 88 valence electrons. The van der Waals surface area contributed by atoms with Crippen molar-refractivity contribution >= 4 is 49.4 Å². The second-order valence-corrected chi connectivity index (χ2v) is 5.03. The van der Waals surface area contributed by atoms with Crippen LogP contribution in [-0.4, -0.2) is 12.6 Å². The van der Waals surface area contributed by atoms with Crippen molar-refractivity contribution in [2.75, 3.05) is 6.61 Å². The Bertz CT molecular complexity index is 394. The molecule has 0 aliphatic rings. The summed E-state index contributed by atoms with van der Waals surface area (Å²) in [5, 5.41) is 0. The summed E-state index contributed by atoms with van der Waals surface area (Å²) >= 11 is 12.7. The maximum Gasteiger partial charge on any atom is 0.310 e. The smallest absolute Gasteiger partial charge is 0.310 e. The molecule has 0 aromatic heterocycles. The Balaban J connectivity index is 3.00. The van der Waals surface area contributed by atoms with Gasteiger partial charge in [0.1, 0.15) is 0 Å². The zero-order valence-electron chi connectivity index (χ0n) is 8.73. The molecule has 0 amide bonds. The molecule has 0 fully saturated rings. The van der Waals surface area contributed by atoms with E-state index >= 15 is 0 Å². The summed E-state index contributed by atoms with van der Waals surface area (Å²) in [7, 11) is 0. The molecule has 5 heteroatoms. The largest absolute Gasteiger partial charge is 0.466 e. The highest BCUT2D eigenvalue weighted by Crippen LogP contribution is 2.30. The second-order valence-electron chi connectivity index (χ2n) is 3.11. The minimum absolute atomic E-state index is 0.232. The lowest BCUT2D eigenvalue weighted by Crippen LogP contribution is -2.09. The van der Waals surface area contributed by atoms with Gasteiger partial charge in [-0.15, -0.1) is 11.6 Å². The summed E-state index contributed by atoms with van der Waals surface area (Å²) in [5.74, 6) is 0.133. The van der Waals surface area contributed by atoms with E-state index in [1.807, 2.05) is 12.1 Å². The molecule has 0 unspecified atom stereocenters. The maximum absolute atomic E-state index is 11.4. The van der Waals surface area contributed by atoms with Crippen molar-refractivity contribution in [2.45, 2.75) is 19.2 Å². The number of esters is 1. The molecule has 1 aromatic rings. The molecular formula is C11H11Br2ClO2. The minimum Gasteiger partial charge on any atom is -0.466 e. The number of hydrogen-bond acceptors (Lipinski definition) is 2. The maximum atomic E-state index is 11.4. The normalized spacial score (nSPS) is 10.2. The van der Waals surface area contributed by atoms with Crippen LogP contribution in [0.1, 0.15) is 18.1 Å². The fourth-order valence-corrected chi connectivity index (χ4v) is 2.45. The van der Waals surface area contributed by atoms with Crippen molar-refractivity contribution in [3.8, 4) is 0 Å². The summed E-state index contributed by atoms with van der Waals surface area (Å²) in [6, 6.07) is 3.80. The number of benzene rings is 1. The molecule has 0 spiro atoms. The van der Waals surface area contributed by atoms with Crippen LogP contribution in [0.3, 0.4) is 0 Å². The van der Waals surface area contributed by atoms with Crippen LogP contribution < -0.4 is 0 Å². The molecule has 1 rings (SSSR count). The van der Waals surface area contributed by atoms with E-state index in [9.17, 15) is 4.79 Å². The average Bonchev–Trinajstić information content (AvgIpc) is 2.25. The molecule has 0 bridgehead atoms. The van der Waals surface area contributed by atoms with Crippen molar-refractivity contribution in [3.05, 3.63) is 32.2 Å². The van der Waals surface area contributed by atoms with Gasteiger partial charge in [-0.2, -0.15) is 0 Å². The molecule has 0 saturated heterocycles. The number of hydrogen-bond donors (Lipinski definition) is 0. The third-order valence-corrected chi connectivity index (χ3v) is 4.45. The third kappa shape index (κ3) is 3.47. The third-order valence-electron chi connectivity index (χ3n) is 2.06. The van der Waals surface area contributed by atoms with Crippen LogP contribution in [0.25, 0.3) is 0 Å². The number of alkyl halides is 1. The van der Waals surface area contributed by atoms with Crippen molar-refractivity contribution in [2.24, 2.45) is 0 Å². The number of carbonyl (C=O) groups is 1. The van der Waals surface area contributed by atoms with E-state index in [1.54, 1.807) is 6.92 Å². The topological polar surface area (TPSA) is 26.3 Å². The van der Waals surface area contributed by atoms with Gasteiger partial charge in [0.05, 0.1) is 13.0 Å². The quantitative estimate of drug-likeness (QED) is 0.590. The predicted octanol–water partition coefficient (Wildman–Crippen LogP) is 4.06. The van der Waals surface area contributed by atoms with E-state index in [0.717, 1.165) is 20.1 Å². The summed E-state index contributed by atoms with van der Waals surface area (Å²) < 4.78 is 6.69. The molecule has 0 heterocycles. The first-order valence-electron chi connectivity index (χ1n) is 4.77. The summed E-state index contributed by atoms with van der Waals surface area (Å²) in [4.78, 5) is 11.4. The lowest BCUT2D eigenvalue weighted by Gasteiger charge is -2.10. The number of carbonyl (C=O) groups excluding carboxylic acids is 1. The van der Waals surface area contributed by atoms with Gasteiger partial charge in [-0.3, -0.25) is 4.79 Å². The minimum atomic E-state index is -0.243. The van der Waals surface area contributed by atoms with Gasteiger partial charge in [0.15, 0.2) is 0 Å². The van der Waals surface area contributed by atoms with Crippen LogP contribution in [0.15, 0.2) is 21.1 Å². The summed E-state index contributed by atoms with van der Waals surface area (Å²) in [5.41, 5.74) is 1.81. The highest BCUT2D eigenvalue weighted by molar-refractivity contribution is 9.13. The number of ether oxygens (including phenoxy) is 1. The molecule has 0 aliphatic heterocycles. The van der Waals surface area contributed by atoms with Crippen molar-refractivity contribution in [3.63, 3.8) is 0 Å². The Hall–Kier alpha value is -0.0600. The van der Waals surface area contributed by atoms with E-state index in [-0.39, 0.29) is 12.4 Å². The first-order valence-corrected chi connectivity index (χ1v) is 6.89. The molecule has 16 heavy (non-hydrogen) atoms. The zero-order valence-corrected chi connectivity index (χ0v) is 12.7. The first-order chi connectivity index (χ1) is 7.60. The molecule has 1 aromatic carbocycles. The summed E-state index contributed by atoms with van der Waals surface area (Å²) in [6.07, 6.45) is 0.232. The Morgan fingerprint density at radius 1 is 1.44 bits per heavy atom. The van der Waals surface area contributed by atoms with Gasteiger partial charge in [0, 0.05) is 14.8 Å². The predicted molar refractivity (Wildman–Crippen MR) is 71.7 cm³/mol. The van der Waals surface area contributed by atoms with Crippen LogP contribution in [0, 0.1) is 0 Å². The van der Waals surface area contributed by atoms with Gasteiger partial charge in [-0.05, 0) is 56.0 Å². The zero-order chi connectivity index (χ0) is 12.1. The van der Waals surface area contributed by atoms with Gasteiger partial charge in [0.2, 0.25) is 0 Å². The monoisotopic (exact) mass is 368 g/mol. The van der Waals surface area contributed by atoms with Crippen molar-refractivity contribution in [1.82, 2.24) is 0 Å². The lowest BCUT2D eigenvalue weighted by molar-refractivity contribution is -0.142. The summed E-state index contributed by atoms with van der Waals surface area (Å²) in [6.45, 7) is 2.18. The first kappa shape index (κ1) is 14.0. The fourth-order valence-electron chi connectivity index (χ4n) is 1.31. The molecule has 0 atom stereocenters. The van der Waals surface area contributed by atoms with Crippen LogP contribution in [0.2, 0.25) is 0 Å². The molecule has 2 nitrogen and oxygen atoms in total. The molecule has 0 saturated carbocycles. The second kappa shape index (κ2) is 6.62. The molecule has 0 N–H and O–H groups in total. The lowest BCUT2D eigenvalue weighted by atomic mass is 10.1. The van der Waals surface area contributed by atoms with Gasteiger partial charge in [-0.1, -0.05) is 6.07 Å². The fraction of sp³-hybridized carbons (Fsp3) is 0.364. The van der Waals surface area contributed by atoms with Crippen LogP contribution in [0.5, 0.6) is 0 Å². The van der Waals surface area contributed by atoms with Crippen molar-refractivity contribution < 1.29 is 9.53 Å². The van der Waals surface area contributed by atoms with Crippen LogP contribution >= 0.6 is 43.5 Å². The molecule has 0 radical (unpaired) electrons. The highest BCUT2D eigenvalue weighted by Gasteiger charge is 2.13. The van der Waals surface area contributed by atoms with Gasteiger partial charge in [0.25, 0.3) is 0 Å². The Kier molecular flexibility index (Phi) is 5.79.